The third kappa shape index (κ3) is 10.7. The van der Waals surface area contributed by atoms with Gasteiger partial charge in [0.05, 0.1) is 0 Å². The van der Waals surface area contributed by atoms with Gasteiger partial charge in [-0.2, -0.15) is 0 Å². The first-order valence-electron chi connectivity index (χ1n) is 19.6. The van der Waals surface area contributed by atoms with Crippen LogP contribution in [0.25, 0.3) is 0 Å². The number of Topliss-reactive ketones (excluding diaryl/α,β-unsaturated/α-hetero) is 2. The molecule has 0 radical (unpaired) electrons. The van der Waals surface area contributed by atoms with E-state index in [9.17, 15) is 13.9 Å². The number of ketones is 2. The van der Waals surface area contributed by atoms with Crippen LogP contribution in [0.2, 0.25) is 0 Å². The van der Waals surface area contributed by atoms with Gasteiger partial charge in [-0.3, -0.25) is 9.59 Å². The van der Waals surface area contributed by atoms with Crippen LogP contribution in [0.3, 0.4) is 0 Å². The molecule has 8 heteroatoms. The van der Waals surface area contributed by atoms with E-state index in [1.54, 1.807) is 0 Å². The van der Waals surface area contributed by atoms with Gasteiger partial charge in [-0.15, -0.1) is 0 Å². The van der Waals surface area contributed by atoms with Crippen LogP contribution in [0.4, 0.5) is 4.32 Å². The van der Waals surface area contributed by atoms with Gasteiger partial charge < -0.3 is 14.4 Å². The molecule has 0 amide bonds. The molecule has 0 bridgehead atoms. The minimum Gasteiger partial charge on any atom is -0.867 e. The Labute approximate surface area is 353 Å². The molecular weight excluding hydrogens is 780 g/mol. The average molecular weight is 825 g/mol. The summed E-state index contributed by atoms with van der Waals surface area (Å²) in [6.07, 6.45) is 0.962. The van der Waals surface area contributed by atoms with E-state index >= 15 is 0 Å². The molecule has 0 saturated carbocycles. The molecule has 0 spiro atoms. The molecule has 296 valence electrons. The summed E-state index contributed by atoms with van der Waals surface area (Å²) < 4.78 is 9.89. The smallest absolute Gasteiger partial charge is 0.201 e. The van der Waals surface area contributed by atoms with Crippen LogP contribution in [0, 0.1) is 0 Å². The first-order valence-corrected chi connectivity index (χ1v) is 23.5. The molecule has 0 aliphatic heterocycles. The van der Waals surface area contributed by atoms with Crippen molar-refractivity contribution < 1.29 is 24.0 Å². The monoisotopic (exact) mass is 824 g/mol. The molecule has 0 aliphatic carbocycles. The van der Waals surface area contributed by atoms with Crippen molar-refractivity contribution in [2.45, 2.75) is 0 Å². The highest BCUT2D eigenvalue weighted by molar-refractivity contribution is 7.96. The Kier molecular flexibility index (Phi) is 15.8. The Hall–Kier alpha value is -6.13. The highest BCUT2D eigenvalue weighted by atomic mass is 31.2. The van der Waals surface area contributed by atoms with Crippen molar-refractivity contribution in [2.75, 3.05) is 12.3 Å². The van der Waals surface area contributed by atoms with Crippen LogP contribution < -0.4 is 41.9 Å². The van der Waals surface area contributed by atoms with E-state index in [1.807, 2.05) is 97.1 Å². The van der Waals surface area contributed by atoms with Gasteiger partial charge in [0.2, 0.25) is 11.6 Å². The van der Waals surface area contributed by atoms with Crippen LogP contribution >= 0.6 is 14.5 Å². The predicted octanol–water partition coefficient (Wildman–Crippen LogP) is 7.39. The van der Waals surface area contributed by atoms with Crippen molar-refractivity contribution in [3.63, 3.8) is 0 Å². The van der Waals surface area contributed by atoms with Gasteiger partial charge in [0.15, 0.2) is 0 Å². The van der Waals surface area contributed by atoms with Crippen molar-refractivity contribution in [3.8, 4) is 0 Å². The standard InChI is InChI=1S/2C26H22OP.BFO2/c2*27-26(22-13-5-1-6-14-22)21-28(23-15-7-2-8-16-23,24-17-9-3-10-18-24)25-19-11-4-12-20-25;2-1(3)4/h2*1-20H,21H2;/q2*+1;-2. The summed E-state index contributed by atoms with van der Waals surface area (Å²) in [4.78, 5) is 26.8. The Bertz CT molecular complexity index is 2110. The first-order chi connectivity index (χ1) is 29.3. The van der Waals surface area contributed by atoms with E-state index in [1.165, 1.54) is 31.8 Å². The molecule has 0 unspecified atom stereocenters. The lowest BCUT2D eigenvalue weighted by Crippen LogP contribution is -2.39. The van der Waals surface area contributed by atoms with Crippen molar-refractivity contribution in [1.82, 2.24) is 0 Å². The molecule has 0 fully saturated rings. The molecule has 8 aromatic rings. The zero-order chi connectivity index (χ0) is 42.0. The number of hydrogen-bond acceptors (Lipinski definition) is 4. The third-order valence-corrected chi connectivity index (χ3v) is 18.7. The number of carbonyl (C=O) groups excluding carboxylic acids is 2. The van der Waals surface area contributed by atoms with Crippen molar-refractivity contribution >= 4 is 65.3 Å². The topological polar surface area (TPSA) is 80.3 Å². The summed E-state index contributed by atoms with van der Waals surface area (Å²) in [6.45, 7) is 0. The van der Waals surface area contributed by atoms with Crippen LogP contribution in [-0.2, 0) is 0 Å². The quantitative estimate of drug-likeness (QED) is 0.0732. The minimum atomic E-state index is -3.17. The Balaban J connectivity index is 0.000000185. The van der Waals surface area contributed by atoms with Crippen molar-refractivity contribution in [2.24, 2.45) is 0 Å². The average Bonchev–Trinajstić information content (AvgIpc) is 3.32. The minimum absolute atomic E-state index is 0.186. The maximum atomic E-state index is 13.4. The van der Waals surface area contributed by atoms with Gasteiger partial charge in [-0.1, -0.05) is 170 Å². The van der Waals surface area contributed by atoms with Gasteiger partial charge in [0.1, 0.15) is 66.1 Å². The molecule has 8 aromatic carbocycles. The summed E-state index contributed by atoms with van der Waals surface area (Å²) in [6, 6.07) is 82.4. The summed E-state index contributed by atoms with van der Waals surface area (Å²) in [5.41, 5.74) is 1.55. The zero-order valence-electron chi connectivity index (χ0n) is 33.0. The van der Waals surface area contributed by atoms with Crippen molar-refractivity contribution in [3.05, 3.63) is 254 Å². The van der Waals surface area contributed by atoms with E-state index in [0.29, 0.717) is 12.3 Å². The molecule has 0 saturated heterocycles. The van der Waals surface area contributed by atoms with E-state index in [0.717, 1.165) is 11.1 Å². The Morgan fingerprint density at radius 3 is 0.650 bits per heavy atom. The summed E-state index contributed by atoms with van der Waals surface area (Å²) >= 11 is 0. The number of benzene rings is 8. The van der Waals surface area contributed by atoms with E-state index in [4.69, 9.17) is 10.0 Å². The highest BCUT2D eigenvalue weighted by Crippen LogP contribution is 2.56. The van der Waals surface area contributed by atoms with Gasteiger partial charge >= 0.3 is 0 Å². The summed E-state index contributed by atoms with van der Waals surface area (Å²) in [7, 11) is -7.42. The molecule has 0 atom stereocenters. The maximum absolute atomic E-state index is 13.4. The lowest BCUT2D eigenvalue weighted by molar-refractivity contribution is -0.366. The normalized spacial score (nSPS) is 10.8. The van der Waals surface area contributed by atoms with Crippen molar-refractivity contribution in [1.29, 1.82) is 0 Å². The van der Waals surface area contributed by atoms with Gasteiger partial charge in [-0.05, 0) is 72.8 Å². The second kappa shape index (κ2) is 21.8. The second-order valence-electron chi connectivity index (χ2n) is 13.8. The van der Waals surface area contributed by atoms with Gasteiger partial charge in [-0.25, -0.2) is 0 Å². The molecule has 0 aromatic heterocycles. The number of carbonyl (C=O) groups is 2. The van der Waals surface area contributed by atoms with Crippen LogP contribution in [-0.4, -0.2) is 31.3 Å². The molecule has 0 aliphatic rings. The van der Waals surface area contributed by atoms with E-state index < -0.39 is 21.9 Å². The number of hydrogen-bond donors (Lipinski definition) is 0. The van der Waals surface area contributed by atoms with E-state index in [2.05, 4.69) is 146 Å². The fourth-order valence-corrected chi connectivity index (χ4v) is 15.6. The molecule has 0 N–H and O–H groups in total. The number of rotatable bonds is 12. The SMILES string of the molecule is O=C(C[P+](c1ccccc1)(c1ccccc1)c1ccccc1)c1ccccc1.O=C(C[P+](c1ccccc1)(c1ccccc1)c1ccccc1)c1ccccc1.[O-]B([O-])F. The molecule has 8 rings (SSSR count). The highest BCUT2D eigenvalue weighted by Gasteiger charge is 2.48. The Morgan fingerprint density at radius 2 is 0.483 bits per heavy atom. The first kappa shape index (κ1) is 43.5. The predicted molar refractivity (Wildman–Crippen MR) is 248 cm³/mol. The Morgan fingerprint density at radius 1 is 0.333 bits per heavy atom. The maximum Gasteiger partial charge on any atom is 0.201 e. The summed E-state index contributed by atoms with van der Waals surface area (Å²) in [5.74, 6) is 0.371. The molecule has 0 heterocycles. The lowest BCUT2D eigenvalue weighted by Gasteiger charge is -2.27. The van der Waals surface area contributed by atoms with Crippen LogP contribution in [0.5, 0.6) is 0 Å². The molecule has 4 nitrogen and oxygen atoms in total. The molecule has 60 heavy (non-hydrogen) atoms. The van der Waals surface area contributed by atoms with Gasteiger partial charge in [0, 0.05) is 11.1 Å². The zero-order valence-corrected chi connectivity index (χ0v) is 34.8. The van der Waals surface area contributed by atoms with Gasteiger partial charge in [0.25, 0.3) is 0 Å². The fraction of sp³-hybridized carbons (Fsp3) is 0.0385. The third-order valence-electron chi connectivity index (χ3n) is 10.1. The second-order valence-corrected chi connectivity index (χ2v) is 20.8. The number of halogens is 1. The largest absolute Gasteiger partial charge is 0.867 e. The van der Waals surface area contributed by atoms with Crippen LogP contribution in [0.1, 0.15) is 20.7 Å². The van der Waals surface area contributed by atoms with E-state index in [-0.39, 0.29) is 11.6 Å². The summed E-state index contributed by atoms with van der Waals surface area (Å²) in [5, 5.41) is 24.0. The van der Waals surface area contributed by atoms with Crippen LogP contribution in [0.15, 0.2) is 243 Å². The fourth-order valence-electron chi connectivity index (χ4n) is 7.40. The molecular formula is C52H44BFO4P2. The lowest BCUT2D eigenvalue weighted by atomic mass is 10.2.